The van der Waals surface area contributed by atoms with Crippen LogP contribution in [0.2, 0.25) is 0 Å². The number of carbonyl (C=O) groups excluding carboxylic acids is 2. The van der Waals surface area contributed by atoms with Gasteiger partial charge in [-0.25, -0.2) is 0 Å². The van der Waals surface area contributed by atoms with E-state index in [0.29, 0.717) is 0 Å². The SMILES string of the molecule is COC(=O)CNC(=O)C(C)(Cl)Cl. The van der Waals surface area contributed by atoms with Crippen molar-refractivity contribution in [1.29, 1.82) is 0 Å². The Morgan fingerprint density at radius 1 is 1.50 bits per heavy atom. The second-order valence-electron chi connectivity index (χ2n) is 2.15. The molecule has 0 atom stereocenters. The van der Waals surface area contributed by atoms with E-state index in [9.17, 15) is 9.59 Å². The second kappa shape index (κ2) is 4.52. The highest BCUT2D eigenvalue weighted by atomic mass is 35.5. The fourth-order valence-corrected chi connectivity index (χ4v) is 0.513. The average molecular weight is 214 g/mol. The van der Waals surface area contributed by atoms with Crippen molar-refractivity contribution in [2.45, 2.75) is 11.3 Å². The molecule has 0 unspecified atom stereocenters. The lowest BCUT2D eigenvalue weighted by Gasteiger charge is -2.11. The number of esters is 1. The smallest absolute Gasteiger partial charge is 0.325 e. The maximum atomic E-state index is 10.9. The van der Waals surface area contributed by atoms with Crippen LogP contribution in [0.25, 0.3) is 0 Å². The molecular formula is C6H9Cl2NO3. The van der Waals surface area contributed by atoms with Crippen LogP contribution >= 0.6 is 23.2 Å². The summed E-state index contributed by atoms with van der Waals surface area (Å²) in [4.78, 5) is 21.4. The summed E-state index contributed by atoms with van der Waals surface area (Å²) in [5, 5.41) is 2.20. The Morgan fingerprint density at radius 3 is 2.33 bits per heavy atom. The predicted molar refractivity (Wildman–Crippen MR) is 45.1 cm³/mol. The molecule has 0 radical (unpaired) electrons. The molecule has 12 heavy (non-hydrogen) atoms. The minimum Gasteiger partial charge on any atom is -0.468 e. The van der Waals surface area contributed by atoms with Crippen molar-refractivity contribution in [1.82, 2.24) is 5.32 Å². The molecule has 0 rings (SSSR count). The van der Waals surface area contributed by atoms with E-state index in [1.54, 1.807) is 0 Å². The highest BCUT2D eigenvalue weighted by Gasteiger charge is 2.27. The van der Waals surface area contributed by atoms with E-state index in [4.69, 9.17) is 23.2 Å². The van der Waals surface area contributed by atoms with Gasteiger partial charge in [0.15, 0.2) is 4.33 Å². The summed E-state index contributed by atoms with van der Waals surface area (Å²) in [5.41, 5.74) is 0. The van der Waals surface area contributed by atoms with Crippen molar-refractivity contribution in [3.63, 3.8) is 0 Å². The predicted octanol–water partition coefficient (Wildman–Crippen LogP) is 0.469. The van der Waals surface area contributed by atoms with E-state index in [1.807, 2.05) is 0 Å². The molecule has 1 N–H and O–H groups in total. The molecule has 0 aromatic heterocycles. The Labute approximate surface area is 80.2 Å². The Morgan fingerprint density at radius 2 is 2.00 bits per heavy atom. The highest BCUT2D eigenvalue weighted by Crippen LogP contribution is 2.18. The number of methoxy groups -OCH3 is 1. The summed E-state index contributed by atoms with van der Waals surface area (Å²) in [7, 11) is 1.22. The van der Waals surface area contributed by atoms with Gasteiger partial charge in [0.2, 0.25) is 0 Å². The summed E-state index contributed by atoms with van der Waals surface area (Å²) in [5.74, 6) is -1.18. The topological polar surface area (TPSA) is 55.4 Å². The normalized spacial score (nSPS) is 10.7. The Balaban J connectivity index is 3.81. The van der Waals surface area contributed by atoms with Gasteiger partial charge in [0.1, 0.15) is 6.54 Å². The van der Waals surface area contributed by atoms with Crippen LogP contribution in [0.1, 0.15) is 6.92 Å². The molecule has 0 aromatic carbocycles. The Kier molecular flexibility index (Phi) is 4.34. The number of halogens is 2. The fraction of sp³-hybridized carbons (Fsp3) is 0.667. The number of hydrogen-bond acceptors (Lipinski definition) is 3. The number of carbonyl (C=O) groups is 2. The molecule has 0 aliphatic rings. The molecule has 0 saturated carbocycles. The quantitative estimate of drug-likeness (QED) is 0.548. The lowest BCUT2D eigenvalue weighted by atomic mass is 10.4. The van der Waals surface area contributed by atoms with Crippen molar-refractivity contribution in [2.24, 2.45) is 0 Å². The van der Waals surface area contributed by atoms with Crippen LogP contribution in [0.15, 0.2) is 0 Å². The molecule has 0 aromatic rings. The molecule has 0 heterocycles. The van der Waals surface area contributed by atoms with Gasteiger partial charge >= 0.3 is 5.97 Å². The van der Waals surface area contributed by atoms with Crippen molar-refractivity contribution >= 4 is 35.1 Å². The summed E-state index contributed by atoms with van der Waals surface area (Å²) < 4.78 is 2.75. The van der Waals surface area contributed by atoms with Gasteiger partial charge in [0, 0.05) is 0 Å². The van der Waals surface area contributed by atoms with Gasteiger partial charge in [-0.1, -0.05) is 23.2 Å². The number of nitrogens with one attached hydrogen (secondary N) is 1. The first kappa shape index (κ1) is 11.5. The number of rotatable bonds is 3. The lowest BCUT2D eigenvalue weighted by Crippen LogP contribution is -2.39. The molecule has 0 aliphatic heterocycles. The van der Waals surface area contributed by atoms with Crippen LogP contribution < -0.4 is 5.32 Å². The lowest BCUT2D eigenvalue weighted by molar-refractivity contribution is -0.141. The minimum absolute atomic E-state index is 0.232. The molecular weight excluding hydrogens is 205 g/mol. The van der Waals surface area contributed by atoms with Gasteiger partial charge in [-0.2, -0.15) is 0 Å². The summed E-state index contributed by atoms with van der Waals surface area (Å²) in [6.45, 7) is 1.08. The van der Waals surface area contributed by atoms with Crippen molar-refractivity contribution in [2.75, 3.05) is 13.7 Å². The van der Waals surface area contributed by atoms with Crippen molar-refractivity contribution < 1.29 is 14.3 Å². The van der Waals surface area contributed by atoms with E-state index in [0.717, 1.165) is 0 Å². The molecule has 0 aliphatic carbocycles. The van der Waals surface area contributed by atoms with Gasteiger partial charge < -0.3 is 10.1 Å². The maximum absolute atomic E-state index is 10.9. The first-order chi connectivity index (χ1) is 5.38. The number of alkyl halides is 2. The average Bonchev–Trinajstić information content (AvgIpc) is 1.97. The van der Waals surface area contributed by atoms with Crippen LogP contribution in [0.4, 0.5) is 0 Å². The molecule has 70 valence electrons. The van der Waals surface area contributed by atoms with Crippen molar-refractivity contribution in [3.8, 4) is 0 Å². The molecule has 0 bridgehead atoms. The summed E-state index contributed by atoms with van der Waals surface area (Å²) >= 11 is 10.8. The van der Waals surface area contributed by atoms with E-state index in [-0.39, 0.29) is 6.54 Å². The van der Waals surface area contributed by atoms with Gasteiger partial charge in [-0.05, 0) is 6.92 Å². The van der Waals surface area contributed by atoms with Gasteiger partial charge in [-0.3, -0.25) is 9.59 Å². The first-order valence-corrected chi connectivity index (χ1v) is 3.86. The number of hydrogen-bond donors (Lipinski definition) is 1. The standard InChI is InChI=1S/C6H9Cl2NO3/c1-6(7,8)5(11)9-3-4(10)12-2/h3H2,1-2H3,(H,9,11). The van der Waals surface area contributed by atoms with Crippen LogP contribution in [-0.2, 0) is 14.3 Å². The monoisotopic (exact) mass is 213 g/mol. The van der Waals surface area contributed by atoms with Crippen LogP contribution in [0.3, 0.4) is 0 Å². The number of amides is 1. The van der Waals surface area contributed by atoms with E-state index < -0.39 is 16.2 Å². The highest BCUT2D eigenvalue weighted by molar-refractivity contribution is 6.57. The Hall–Kier alpha value is -0.480. The zero-order valence-corrected chi connectivity index (χ0v) is 8.20. The molecule has 6 heteroatoms. The number of ether oxygens (including phenoxy) is 1. The van der Waals surface area contributed by atoms with E-state index in [1.165, 1.54) is 14.0 Å². The maximum Gasteiger partial charge on any atom is 0.325 e. The van der Waals surface area contributed by atoms with Crippen LogP contribution in [0, 0.1) is 0 Å². The minimum atomic E-state index is -1.52. The molecule has 0 spiro atoms. The van der Waals surface area contributed by atoms with Crippen molar-refractivity contribution in [3.05, 3.63) is 0 Å². The largest absolute Gasteiger partial charge is 0.468 e. The Bertz CT molecular complexity index is 188. The van der Waals surface area contributed by atoms with Gasteiger partial charge in [-0.15, -0.1) is 0 Å². The summed E-state index contributed by atoms with van der Waals surface area (Å²) in [6, 6.07) is 0. The molecule has 0 fully saturated rings. The van der Waals surface area contributed by atoms with E-state index in [2.05, 4.69) is 10.1 Å². The van der Waals surface area contributed by atoms with Crippen LogP contribution in [0.5, 0.6) is 0 Å². The fourth-order valence-electron chi connectivity index (χ4n) is 0.380. The zero-order valence-electron chi connectivity index (χ0n) is 6.69. The van der Waals surface area contributed by atoms with Gasteiger partial charge in [0.25, 0.3) is 5.91 Å². The third kappa shape index (κ3) is 4.41. The summed E-state index contributed by atoms with van der Waals surface area (Å²) in [6.07, 6.45) is 0. The zero-order chi connectivity index (χ0) is 9.78. The third-order valence-electron chi connectivity index (χ3n) is 1.02. The first-order valence-electron chi connectivity index (χ1n) is 3.11. The van der Waals surface area contributed by atoms with E-state index >= 15 is 0 Å². The second-order valence-corrected chi connectivity index (χ2v) is 3.85. The molecule has 0 saturated heterocycles. The third-order valence-corrected chi connectivity index (χ3v) is 1.36. The molecule has 4 nitrogen and oxygen atoms in total. The van der Waals surface area contributed by atoms with Crippen LogP contribution in [-0.4, -0.2) is 29.9 Å². The molecule has 1 amide bonds. The van der Waals surface area contributed by atoms with Gasteiger partial charge in [0.05, 0.1) is 7.11 Å².